The number of hydrogen-bond acceptors (Lipinski definition) is 6. The lowest BCUT2D eigenvalue weighted by atomic mass is 10.3. The molecule has 3 aromatic rings. The fourth-order valence-corrected chi connectivity index (χ4v) is 3.78. The van der Waals surface area contributed by atoms with Gasteiger partial charge in [-0.1, -0.05) is 0 Å². The van der Waals surface area contributed by atoms with E-state index >= 15 is 0 Å². The Bertz CT molecular complexity index is 1130. The van der Waals surface area contributed by atoms with E-state index in [0.717, 1.165) is 11.4 Å². The van der Waals surface area contributed by atoms with Gasteiger partial charge in [0.2, 0.25) is 11.9 Å². The van der Waals surface area contributed by atoms with Crippen LogP contribution in [-0.2, 0) is 21.4 Å². The van der Waals surface area contributed by atoms with E-state index < -0.39 is 10.0 Å². The Balaban J connectivity index is 1.68. The van der Waals surface area contributed by atoms with E-state index in [1.165, 1.54) is 24.3 Å². The molecule has 1 aromatic carbocycles. The van der Waals surface area contributed by atoms with Gasteiger partial charge in [-0.05, 0) is 64.1 Å². The maximum absolute atomic E-state index is 12.5. The second-order valence-corrected chi connectivity index (χ2v) is 8.42. The topological polar surface area (TPSA) is 119 Å². The van der Waals surface area contributed by atoms with E-state index in [1.54, 1.807) is 24.6 Å². The molecule has 0 saturated carbocycles. The van der Waals surface area contributed by atoms with Crippen molar-refractivity contribution in [2.45, 2.75) is 39.1 Å². The molecule has 2 heterocycles. The molecule has 0 atom stereocenters. The summed E-state index contributed by atoms with van der Waals surface area (Å²) in [4.78, 5) is 20.4. The maximum Gasteiger partial charge on any atom is 0.264 e. The van der Waals surface area contributed by atoms with E-state index in [4.69, 9.17) is 0 Å². The van der Waals surface area contributed by atoms with Crippen LogP contribution in [-0.4, -0.2) is 34.1 Å². The molecule has 2 N–H and O–H groups in total. The Kier molecular flexibility index (Phi) is 5.64. The smallest absolute Gasteiger partial charge is 0.264 e. The average molecular weight is 414 g/mol. The Morgan fingerprint density at radius 1 is 0.966 bits per heavy atom. The van der Waals surface area contributed by atoms with Crippen LogP contribution in [0.1, 0.15) is 22.8 Å². The number of benzene rings is 1. The minimum absolute atomic E-state index is 0.0183. The van der Waals surface area contributed by atoms with Crippen molar-refractivity contribution in [3.63, 3.8) is 0 Å². The number of hydrogen-bond donors (Lipinski definition) is 2. The van der Waals surface area contributed by atoms with E-state index in [9.17, 15) is 13.2 Å². The van der Waals surface area contributed by atoms with Gasteiger partial charge in [-0.2, -0.15) is 5.10 Å². The summed E-state index contributed by atoms with van der Waals surface area (Å²) in [6.45, 7) is 7.33. The van der Waals surface area contributed by atoms with Gasteiger partial charge in [-0.25, -0.2) is 23.1 Å². The predicted molar refractivity (Wildman–Crippen MR) is 109 cm³/mol. The van der Waals surface area contributed by atoms with Crippen molar-refractivity contribution in [2.75, 3.05) is 10.0 Å². The highest BCUT2D eigenvalue weighted by Gasteiger charge is 2.16. The molecule has 10 heteroatoms. The van der Waals surface area contributed by atoms with Gasteiger partial charge in [0.15, 0.2) is 0 Å². The fourth-order valence-electron chi connectivity index (χ4n) is 2.84. The second kappa shape index (κ2) is 8.00. The predicted octanol–water partition coefficient (Wildman–Crippen LogP) is 2.35. The molecule has 9 nitrogen and oxygen atoms in total. The molecule has 0 unspecified atom stereocenters. The molecule has 1 amide bonds. The molecule has 0 aliphatic rings. The molecule has 0 aliphatic carbocycles. The second-order valence-electron chi connectivity index (χ2n) is 6.74. The van der Waals surface area contributed by atoms with Crippen molar-refractivity contribution >= 4 is 27.6 Å². The van der Waals surface area contributed by atoms with Crippen LogP contribution >= 0.6 is 0 Å². The van der Waals surface area contributed by atoms with Gasteiger partial charge < -0.3 is 5.32 Å². The van der Waals surface area contributed by atoms with Crippen molar-refractivity contribution in [1.82, 2.24) is 19.7 Å². The van der Waals surface area contributed by atoms with Crippen LogP contribution in [0.4, 0.5) is 11.6 Å². The zero-order chi connectivity index (χ0) is 21.2. The van der Waals surface area contributed by atoms with Gasteiger partial charge in [0, 0.05) is 22.8 Å². The number of carbonyl (C=O) groups is 1. The summed E-state index contributed by atoms with van der Waals surface area (Å²) in [5.41, 5.74) is 3.54. The first kappa shape index (κ1) is 20.5. The molecular weight excluding hydrogens is 392 g/mol. The van der Waals surface area contributed by atoms with E-state index in [2.05, 4.69) is 25.1 Å². The number of rotatable bonds is 6. The zero-order valence-corrected chi connectivity index (χ0v) is 17.4. The minimum Gasteiger partial charge on any atom is -0.324 e. The summed E-state index contributed by atoms with van der Waals surface area (Å²) in [6.07, 6.45) is 0. The first-order valence-electron chi connectivity index (χ1n) is 8.88. The molecule has 0 bridgehead atoms. The monoisotopic (exact) mass is 414 g/mol. The Hall–Kier alpha value is -3.27. The van der Waals surface area contributed by atoms with Crippen molar-refractivity contribution in [1.29, 1.82) is 0 Å². The molecule has 29 heavy (non-hydrogen) atoms. The maximum atomic E-state index is 12.5. The van der Waals surface area contributed by atoms with Crippen molar-refractivity contribution in [2.24, 2.45) is 0 Å². The third kappa shape index (κ3) is 5.17. The molecule has 3 rings (SSSR count). The normalized spacial score (nSPS) is 11.3. The lowest BCUT2D eigenvalue weighted by Crippen LogP contribution is -2.20. The number of anilines is 2. The SMILES string of the molecule is Cc1cc(C)nc(NS(=O)(=O)c2ccc(NC(=O)Cn3nc(C)cc3C)cc2)n1. The number of carbonyl (C=O) groups excluding carboxylic acids is 1. The average Bonchev–Trinajstić information content (AvgIpc) is 2.91. The van der Waals surface area contributed by atoms with Crippen LogP contribution in [0.3, 0.4) is 0 Å². The number of aryl methyl sites for hydroxylation is 4. The van der Waals surface area contributed by atoms with Gasteiger partial charge in [-0.15, -0.1) is 0 Å². The first-order chi connectivity index (χ1) is 13.6. The molecule has 2 aromatic heterocycles. The van der Waals surface area contributed by atoms with Gasteiger partial charge >= 0.3 is 0 Å². The van der Waals surface area contributed by atoms with Crippen LogP contribution in [0.5, 0.6) is 0 Å². The van der Waals surface area contributed by atoms with Crippen molar-refractivity contribution in [3.05, 3.63) is 59.2 Å². The third-order valence-electron chi connectivity index (χ3n) is 4.05. The minimum atomic E-state index is -3.85. The van der Waals surface area contributed by atoms with Gasteiger partial charge in [0.05, 0.1) is 10.6 Å². The molecule has 0 spiro atoms. The standard InChI is InChI=1S/C19H22N6O3S/c1-12-9-13(2)21-19(20-12)24-29(27,28)17-7-5-16(6-8-17)22-18(26)11-25-15(4)10-14(3)23-25/h5-10H,11H2,1-4H3,(H,22,26)(H,20,21,24). The molecule has 152 valence electrons. The van der Waals surface area contributed by atoms with Crippen molar-refractivity contribution in [3.8, 4) is 0 Å². The Morgan fingerprint density at radius 3 is 2.14 bits per heavy atom. The summed E-state index contributed by atoms with van der Waals surface area (Å²) in [6, 6.07) is 9.50. The van der Waals surface area contributed by atoms with Crippen LogP contribution in [0.2, 0.25) is 0 Å². The zero-order valence-electron chi connectivity index (χ0n) is 16.6. The number of sulfonamides is 1. The summed E-state index contributed by atoms with van der Waals surface area (Å²) < 4.78 is 29.1. The molecule has 0 fully saturated rings. The van der Waals surface area contributed by atoms with Crippen molar-refractivity contribution < 1.29 is 13.2 Å². The van der Waals surface area contributed by atoms with Gasteiger partial charge in [-0.3, -0.25) is 9.48 Å². The highest BCUT2D eigenvalue weighted by atomic mass is 32.2. The van der Waals surface area contributed by atoms with Crippen LogP contribution in [0.15, 0.2) is 41.3 Å². The lowest BCUT2D eigenvalue weighted by Gasteiger charge is -2.10. The number of nitrogens with zero attached hydrogens (tertiary/aromatic N) is 4. The van der Waals surface area contributed by atoms with Crippen LogP contribution in [0.25, 0.3) is 0 Å². The quantitative estimate of drug-likeness (QED) is 0.639. The third-order valence-corrected chi connectivity index (χ3v) is 5.40. The van der Waals surface area contributed by atoms with Crippen LogP contribution < -0.4 is 10.0 Å². The summed E-state index contributed by atoms with van der Waals surface area (Å²) in [5.74, 6) is -0.238. The Morgan fingerprint density at radius 2 is 1.59 bits per heavy atom. The first-order valence-corrected chi connectivity index (χ1v) is 10.4. The number of amides is 1. The molecular formula is C19H22N6O3S. The van der Waals surface area contributed by atoms with Gasteiger partial charge in [0.25, 0.3) is 10.0 Å². The number of nitrogens with one attached hydrogen (secondary N) is 2. The summed E-state index contributed by atoms with van der Waals surface area (Å²) >= 11 is 0. The van der Waals surface area contributed by atoms with E-state index in [-0.39, 0.29) is 23.3 Å². The highest BCUT2D eigenvalue weighted by molar-refractivity contribution is 7.92. The highest BCUT2D eigenvalue weighted by Crippen LogP contribution is 2.17. The van der Waals surface area contributed by atoms with E-state index in [1.807, 2.05) is 19.9 Å². The lowest BCUT2D eigenvalue weighted by molar-refractivity contribution is -0.116. The fraction of sp³-hybridized carbons (Fsp3) is 0.263. The summed E-state index contributed by atoms with van der Waals surface area (Å²) in [5, 5.41) is 6.98. The molecule has 0 radical (unpaired) electrons. The Labute approximate surface area is 169 Å². The molecule has 0 aliphatic heterocycles. The number of aromatic nitrogens is 4. The molecule has 0 saturated heterocycles. The van der Waals surface area contributed by atoms with Gasteiger partial charge in [0.1, 0.15) is 6.54 Å². The van der Waals surface area contributed by atoms with Crippen LogP contribution in [0, 0.1) is 27.7 Å². The van der Waals surface area contributed by atoms with E-state index in [0.29, 0.717) is 17.1 Å². The summed E-state index contributed by atoms with van der Waals surface area (Å²) in [7, 11) is -3.85. The largest absolute Gasteiger partial charge is 0.324 e.